The van der Waals surface area contributed by atoms with Gasteiger partial charge in [0.05, 0.1) is 12.2 Å². The number of aliphatic carboxylic acids is 1. The van der Waals surface area contributed by atoms with Crippen molar-refractivity contribution in [3.8, 4) is 0 Å². The van der Waals surface area contributed by atoms with Crippen molar-refractivity contribution in [1.82, 2.24) is 0 Å². The molecule has 2 bridgehead atoms. The minimum absolute atomic E-state index is 0.446. The fourth-order valence-electron chi connectivity index (χ4n) is 4.01. The summed E-state index contributed by atoms with van der Waals surface area (Å²) in [5.41, 5.74) is 0. The molecule has 5 heteroatoms. The van der Waals surface area contributed by atoms with Crippen LogP contribution < -0.4 is 0 Å². The van der Waals surface area contributed by atoms with E-state index in [1.165, 1.54) is 44.6 Å². The summed E-state index contributed by atoms with van der Waals surface area (Å²) in [7, 11) is 0. The lowest BCUT2D eigenvalue weighted by Crippen LogP contribution is -2.30. The van der Waals surface area contributed by atoms with Gasteiger partial charge in [0, 0.05) is 19.3 Å². The van der Waals surface area contributed by atoms with Crippen LogP contribution in [0.15, 0.2) is 12.2 Å². The molecule has 25 heavy (non-hydrogen) atoms. The first-order chi connectivity index (χ1) is 12.2. The highest BCUT2D eigenvalue weighted by Gasteiger charge is 2.47. The molecule has 1 N–H and O–H groups in total. The van der Waals surface area contributed by atoms with Gasteiger partial charge in [0.25, 0.3) is 0 Å². The van der Waals surface area contributed by atoms with Gasteiger partial charge in [-0.2, -0.15) is 11.8 Å². The van der Waals surface area contributed by atoms with Crippen LogP contribution in [0.4, 0.5) is 0 Å². The predicted molar refractivity (Wildman–Crippen MR) is 103 cm³/mol. The predicted octanol–water partition coefficient (Wildman–Crippen LogP) is 4.53. The molecular formula is C20H34O4S. The smallest absolute Gasteiger partial charge is 0.327 e. The summed E-state index contributed by atoms with van der Waals surface area (Å²) in [5.74, 6) is 2.55. The zero-order valence-electron chi connectivity index (χ0n) is 15.5. The van der Waals surface area contributed by atoms with E-state index >= 15 is 0 Å². The van der Waals surface area contributed by atoms with Crippen molar-refractivity contribution in [2.75, 3.05) is 24.7 Å². The van der Waals surface area contributed by atoms with Crippen molar-refractivity contribution in [2.24, 2.45) is 11.8 Å². The molecule has 4 atom stereocenters. The van der Waals surface area contributed by atoms with Crippen LogP contribution in [0.1, 0.15) is 58.3 Å². The van der Waals surface area contributed by atoms with Crippen LogP contribution in [0, 0.1) is 11.8 Å². The van der Waals surface area contributed by atoms with Gasteiger partial charge in [0.2, 0.25) is 0 Å². The van der Waals surface area contributed by atoms with Gasteiger partial charge in [0.1, 0.15) is 0 Å². The van der Waals surface area contributed by atoms with E-state index in [2.05, 4.69) is 6.92 Å². The largest absolute Gasteiger partial charge is 0.478 e. The van der Waals surface area contributed by atoms with E-state index in [-0.39, 0.29) is 0 Å². The van der Waals surface area contributed by atoms with Crippen molar-refractivity contribution >= 4 is 17.7 Å². The molecule has 2 fully saturated rings. The maximum Gasteiger partial charge on any atom is 0.327 e. The molecule has 0 unspecified atom stereocenters. The Morgan fingerprint density at radius 1 is 1.20 bits per heavy atom. The van der Waals surface area contributed by atoms with E-state index in [1.54, 1.807) is 6.08 Å². The summed E-state index contributed by atoms with van der Waals surface area (Å²) in [5, 5.41) is 8.59. The third-order valence-electron chi connectivity index (χ3n) is 5.33. The van der Waals surface area contributed by atoms with Crippen molar-refractivity contribution in [3.05, 3.63) is 12.2 Å². The fourth-order valence-corrected chi connectivity index (χ4v) is 5.21. The van der Waals surface area contributed by atoms with E-state index in [0.717, 1.165) is 37.6 Å². The molecule has 2 heterocycles. The topological polar surface area (TPSA) is 55.8 Å². The number of rotatable bonds is 14. The minimum Gasteiger partial charge on any atom is -0.478 e. The molecule has 0 radical (unpaired) electrons. The molecule has 4 nitrogen and oxygen atoms in total. The van der Waals surface area contributed by atoms with Crippen molar-refractivity contribution < 1.29 is 19.4 Å². The molecular weight excluding hydrogens is 336 g/mol. The van der Waals surface area contributed by atoms with Crippen molar-refractivity contribution in [2.45, 2.75) is 70.5 Å². The van der Waals surface area contributed by atoms with Gasteiger partial charge in [-0.3, -0.25) is 0 Å². The van der Waals surface area contributed by atoms with E-state index < -0.39 is 5.97 Å². The monoisotopic (exact) mass is 370 g/mol. The van der Waals surface area contributed by atoms with Crippen LogP contribution in [0.2, 0.25) is 0 Å². The average molecular weight is 371 g/mol. The Kier molecular flexibility index (Phi) is 9.96. The maximum absolute atomic E-state index is 10.4. The molecule has 2 aliphatic rings. The second-order valence-corrected chi connectivity index (χ2v) is 8.33. The second kappa shape index (κ2) is 12.0. The van der Waals surface area contributed by atoms with E-state index in [0.29, 0.717) is 24.0 Å². The number of thioether (sulfide) groups is 1. The van der Waals surface area contributed by atoms with Crippen LogP contribution in [-0.4, -0.2) is 48.0 Å². The number of hydrogen-bond acceptors (Lipinski definition) is 4. The van der Waals surface area contributed by atoms with Gasteiger partial charge in [-0.05, 0) is 55.4 Å². The highest BCUT2D eigenvalue weighted by molar-refractivity contribution is 7.99. The van der Waals surface area contributed by atoms with Crippen LogP contribution in [0.5, 0.6) is 0 Å². The highest BCUT2D eigenvalue weighted by Crippen LogP contribution is 2.46. The minimum atomic E-state index is -0.860. The quantitative estimate of drug-likeness (QED) is 0.360. The first-order valence-corrected chi connectivity index (χ1v) is 11.1. The number of carbonyl (C=O) groups is 1. The second-order valence-electron chi connectivity index (χ2n) is 7.18. The standard InChI is InChI=1S/C20H34O4S/c1-2-3-4-6-12-23-13-11-16-17(19-10-9-18(16)24-19)15-25-14-7-5-8-20(21)22/h5,8,16-19H,2-4,6-7,9-15H2,1H3,(H,21,22)/b8-5+/t16-,17+,18-,19+/m1/s1. The van der Waals surface area contributed by atoms with Crippen molar-refractivity contribution in [1.29, 1.82) is 0 Å². The molecule has 144 valence electrons. The zero-order valence-corrected chi connectivity index (χ0v) is 16.3. The lowest BCUT2D eigenvalue weighted by atomic mass is 9.79. The Morgan fingerprint density at radius 2 is 2.00 bits per heavy atom. The molecule has 0 aromatic heterocycles. The number of unbranched alkanes of at least 4 members (excludes halogenated alkanes) is 3. The summed E-state index contributed by atoms with van der Waals surface area (Å²) in [6.45, 7) is 4.00. The SMILES string of the molecule is CCCCCCOCC[C@@H]1[C@H](CSCC/C=C/C(=O)O)[C@@H]2CC[C@H]1O2. The number of hydrogen-bond donors (Lipinski definition) is 1. The van der Waals surface area contributed by atoms with Gasteiger partial charge < -0.3 is 14.6 Å². The molecule has 2 saturated heterocycles. The Morgan fingerprint density at radius 3 is 2.76 bits per heavy atom. The number of ether oxygens (including phenoxy) is 2. The molecule has 0 aromatic rings. The van der Waals surface area contributed by atoms with Crippen LogP contribution >= 0.6 is 11.8 Å². The van der Waals surface area contributed by atoms with E-state index in [1.807, 2.05) is 11.8 Å². The third-order valence-corrected chi connectivity index (χ3v) is 6.47. The average Bonchev–Trinajstić information content (AvgIpc) is 3.19. The van der Waals surface area contributed by atoms with E-state index in [9.17, 15) is 4.79 Å². The highest BCUT2D eigenvalue weighted by atomic mass is 32.2. The molecule has 0 amide bonds. The van der Waals surface area contributed by atoms with Gasteiger partial charge in [-0.1, -0.05) is 32.3 Å². The molecule has 0 saturated carbocycles. The summed E-state index contributed by atoms with van der Waals surface area (Å²) < 4.78 is 12.0. The van der Waals surface area contributed by atoms with Gasteiger partial charge >= 0.3 is 5.97 Å². The summed E-state index contributed by atoms with van der Waals surface area (Å²) in [4.78, 5) is 10.4. The third kappa shape index (κ3) is 7.32. The molecule has 0 spiro atoms. The number of allylic oxidation sites excluding steroid dienone is 1. The first kappa shape index (κ1) is 20.8. The summed E-state index contributed by atoms with van der Waals surface area (Å²) in [6, 6.07) is 0. The normalized spacial score (nSPS) is 28.2. The van der Waals surface area contributed by atoms with Crippen LogP contribution in [0.3, 0.4) is 0 Å². The van der Waals surface area contributed by atoms with Gasteiger partial charge in [-0.25, -0.2) is 4.79 Å². The van der Waals surface area contributed by atoms with E-state index in [4.69, 9.17) is 14.6 Å². The van der Waals surface area contributed by atoms with Crippen LogP contribution in [0.25, 0.3) is 0 Å². The number of carboxylic acid groups (broad SMARTS) is 1. The Labute approximate surface area is 156 Å². The van der Waals surface area contributed by atoms with Gasteiger partial charge in [-0.15, -0.1) is 0 Å². The molecule has 2 rings (SSSR count). The van der Waals surface area contributed by atoms with Crippen molar-refractivity contribution in [3.63, 3.8) is 0 Å². The molecule has 0 aromatic carbocycles. The molecule has 0 aliphatic carbocycles. The molecule has 2 aliphatic heterocycles. The van der Waals surface area contributed by atoms with Crippen LogP contribution in [-0.2, 0) is 14.3 Å². The summed E-state index contributed by atoms with van der Waals surface area (Å²) in [6.07, 6.45) is 13.3. The maximum atomic E-state index is 10.4. The Bertz CT molecular complexity index is 413. The first-order valence-electron chi connectivity index (χ1n) is 9.92. The van der Waals surface area contributed by atoms with Gasteiger partial charge in [0.15, 0.2) is 0 Å². The Hall–Kier alpha value is -0.520. The number of fused-ring (bicyclic) bond motifs is 2. The number of carboxylic acids is 1. The summed E-state index contributed by atoms with van der Waals surface area (Å²) >= 11 is 1.93. The fraction of sp³-hybridized carbons (Fsp3) is 0.850. The Balaban J connectivity index is 1.60. The lowest BCUT2D eigenvalue weighted by Gasteiger charge is -2.27. The zero-order chi connectivity index (χ0) is 17.9. The lowest BCUT2D eigenvalue weighted by molar-refractivity contribution is -0.131.